The Kier molecular flexibility index (Phi) is 6.65. The smallest absolute Gasteiger partial charge is 0.383 e. The molecule has 0 aliphatic heterocycles. The Balaban J connectivity index is 2.55. The molecule has 0 radical (unpaired) electrons. The first-order valence-corrected chi connectivity index (χ1v) is 12.0. The number of hydrogen-bond donors (Lipinski definition) is 2. The van der Waals surface area contributed by atoms with Crippen molar-refractivity contribution < 1.29 is 30.0 Å². The van der Waals surface area contributed by atoms with Crippen LogP contribution in [0, 0.1) is 11.3 Å². The van der Waals surface area contributed by atoms with E-state index in [0.29, 0.717) is 12.1 Å². The fourth-order valence-corrected chi connectivity index (χ4v) is 5.22. The molecule has 0 spiro atoms. The van der Waals surface area contributed by atoms with Crippen molar-refractivity contribution in [1.29, 1.82) is 5.26 Å². The average molecular weight is 506 g/mol. The van der Waals surface area contributed by atoms with Crippen molar-refractivity contribution >= 4 is 48.9 Å². The second-order valence-electron chi connectivity index (χ2n) is 6.00. The molecular formula is C14H12Cl2F3N5O4S2. The average Bonchev–Trinajstić information content (AvgIpc) is 2.87. The van der Waals surface area contributed by atoms with Gasteiger partial charge in [-0.05, 0) is 12.1 Å². The largest absolute Gasteiger partial charge is 0.416 e. The molecule has 0 fully saturated rings. The first-order valence-electron chi connectivity index (χ1n) is 7.55. The summed E-state index contributed by atoms with van der Waals surface area (Å²) in [4.78, 5) is 0. The molecule has 164 valence electrons. The summed E-state index contributed by atoms with van der Waals surface area (Å²) in [6.07, 6.45) is -3.93. The molecule has 0 aliphatic rings. The van der Waals surface area contributed by atoms with Crippen LogP contribution in [0.1, 0.15) is 16.8 Å². The van der Waals surface area contributed by atoms with Crippen LogP contribution in [0.25, 0.3) is 5.69 Å². The summed E-state index contributed by atoms with van der Waals surface area (Å²) in [5.74, 6) is -2.24. The first kappa shape index (κ1) is 24.2. The van der Waals surface area contributed by atoms with Gasteiger partial charge in [0.15, 0.2) is 15.5 Å². The van der Waals surface area contributed by atoms with E-state index < -0.39 is 64.8 Å². The normalized spacial score (nSPS) is 12.7. The van der Waals surface area contributed by atoms with Crippen LogP contribution < -0.4 is 10.5 Å². The molecule has 30 heavy (non-hydrogen) atoms. The van der Waals surface area contributed by atoms with Crippen LogP contribution in [-0.4, -0.2) is 38.7 Å². The molecule has 0 atom stereocenters. The number of aromatic nitrogens is 2. The number of rotatable bonds is 6. The van der Waals surface area contributed by atoms with Gasteiger partial charge < -0.3 is 5.73 Å². The van der Waals surface area contributed by atoms with Gasteiger partial charge in [0.05, 0.1) is 21.4 Å². The highest BCUT2D eigenvalue weighted by Gasteiger charge is 2.33. The lowest BCUT2D eigenvalue weighted by Crippen LogP contribution is -2.30. The molecule has 0 unspecified atom stereocenters. The standard InChI is InChI=1S/C14H12Cl2F3N5O4S2/c1-29(25,26)6-22-30(27,28)5-8-11(4-20)23-24(13(8)21)12-9(15)2-7(3-10(12)16)14(17,18)19/h2-3,22H,5-6,21H2,1H3. The molecule has 0 amide bonds. The molecule has 0 aliphatic carbocycles. The maximum absolute atomic E-state index is 12.9. The number of alkyl halides is 3. The molecule has 0 bridgehead atoms. The highest BCUT2D eigenvalue weighted by molar-refractivity contribution is 7.93. The Morgan fingerprint density at radius 2 is 1.77 bits per heavy atom. The van der Waals surface area contributed by atoms with Crippen LogP contribution in [0.15, 0.2) is 12.1 Å². The van der Waals surface area contributed by atoms with Crippen molar-refractivity contribution in [3.8, 4) is 11.8 Å². The topological polar surface area (TPSA) is 148 Å². The highest BCUT2D eigenvalue weighted by Crippen LogP contribution is 2.38. The van der Waals surface area contributed by atoms with Gasteiger partial charge in [-0.15, -0.1) is 0 Å². The molecular weight excluding hydrogens is 494 g/mol. The first-order chi connectivity index (χ1) is 13.6. The van der Waals surface area contributed by atoms with Crippen molar-refractivity contribution in [1.82, 2.24) is 14.5 Å². The maximum Gasteiger partial charge on any atom is 0.416 e. The fraction of sp³-hybridized carbons (Fsp3) is 0.286. The van der Waals surface area contributed by atoms with Gasteiger partial charge in [-0.1, -0.05) is 23.2 Å². The number of nitrogens with one attached hydrogen (secondary N) is 1. The molecule has 16 heteroatoms. The number of sulfonamides is 1. The zero-order chi connectivity index (χ0) is 23.1. The van der Waals surface area contributed by atoms with Crippen LogP contribution in [0.3, 0.4) is 0 Å². The highest BCUT2D eigenvalue weighted by atomic mass is 35.5. The third kappa shape index (κ3) is 5.55. The van der Waals surface area contributed by atoms with Crippen molar-refractivity contribution in [2.45, 2.75) is 11.9 Å². The van der Waals surface area contributed by atoms with E-state index in [-0.39, 0.29) is 11.3 Å². The number of sulfone groups is 1. The van der Waals surface area contributed by atoms with Crippen molar-refractivity contribution in [2.24, 2.45) is 0 Å². The van der Waals surface area contributed by atoms with Crippen molar-refractivity contribution in [2.75, 3.05) is 17.9 Å². The summed E-state index contributed by atoms with van der Waals surface area (Å²) in [5, 5.41) is 12.0. The Labute approximate surface area is 179 Å². The van der Waals surface area contributed by atoms with E-state index in [1.54, 1.807) is 6.07 Å². The molecule has 1 aromatic carbocycles. The Bertz CT molecular complexity index is 1230. The number of benzene rings is 1. The van der Waals surface area contributed by atoms with E-state index in [0.717, 1.165) is 10.9 Å². The lowest BCUT2D eigenvalue weighted by atomic mass is 10.2. The summed E-state index contributed by atoms with van der Waals surface area (Å²) in [5.41, 5.74) is 3.64. The summed E-state index contributed by atoms with van der Waals surface area (Å²) in [6.45, 7) is 0. The van der Waals surface area contributed by atoms with E-state index in [4.69, 9.17) is 28.9 Å². The SMILES string of the molecule is CS(=O)(=O)CNS(=O)(=O)Cc1c(C#N)nn(-c2c(Cl)cc(C(F)(F)F)cc2Cl)c1N. The van der Waals surface area contributed by atoms with Gasteiger partial charge in [0.1, 0.15) is 23.5 Å². The molecule has 3 N–H and O–H groups in total. The van der Waals surface area contributed by atoms with Gasteiger partial charge in [-0.25, -0.2) is 21.5 Å². The minimum absolute atomic E-state index is 0.298. The minimum Gasteiger partial charge on any atom is -0.383 e. The zero-order valence-corrected chi connectivity index (χ0v) is 18.0. The summed E-state index contributed by atoms with van der Waals surface area (Å²) in [7, 11) is -7.94. The predicted octanol–water partition coefficient (Wildman–Crippen LogP) is 2.07. The monoisotopic (exact) mass is 505 g/mol. The number of halogens is 5. The Morgan fingerprint density at radius 1 is 1.23 bits per heavy atom. The van der Waals surface area contributed by atoms with Gasteiger partial charge in [0.25, 0.3) is 0 Å². The van der Waals surface area contributed by atoms with Gasteiger partial charge in [0.2, 0.25) is 10.0 Å². The second-order valence-corrected chi connectivity index (χ2v) is 10.8. The van der Waals surface area contributed by atoms with Crippen molar-refractivity contribution in [3.05, 3.63) is 39.0 Å². The maximum atomic E-state index is 12.9. The molecule has 2 rings (SSSR count). The van der Waals surface area contributed by atoms with Crippen LogP contribution >= 0.6 is 23.2 Å². The number of hydrogen-bond acceptors (Lipinski definition) is 7. The number of nitrogen functional groups attached to an aromatic ring is 1. The number of nitrogens with zero attached hydrogens (tertiary/aromatic N) is 3. The lowest BCUT2D eigenvalue weighted by Gasteiger charge is -2.13. The molecule has 9 nitrogen and oxygen atoms in total. The van der Waals surface area contributed by atoms with Crippen molar-refractivity contribution in [3.63, 3.8) is 0 Å². The van der Waals surface area contributed by atoms with Crippen LogP contribution in [-0.2, 0) is 31.8 Å². The third-order valence-corrected chi connectivity index (χ3v) is 6.24. The third-order valence-electron chi connectivity index (χ3n) is 3.56. The molecule has 2 aromatic rings. The quantitative estimate of drug-likeness (QED) is 0.610. The number of nitriles is 1. The van der Waals surface area contributed by atoms with E-state index >= 15 is 0 Å². The predicted molar refractivity (Wildman–Crippen MR) is 103 cm³/mol. The molecule has 0 saturated carbocycles. The van der Waals surface area contributed by atoms with Gasteiger partial charge >= 0.3 is 6.18 Å². The second kappa shape index (κ2) is 8.23. The van der Waals surface area contributed by atoms with Crippen LogP contribution in [0.4, 0.5) is 19.0 Å². The molecule has 0 saturated heterocycles. The Hall–Kier alpha value is -2.05. The summed E-state index contributed by atoms with van der Waals surface area (Å²) < 4.78 is 87.9. The number of anilines is 1. The van der Waals surface area contributed by atoms with E-state index in [1.807, 2.05) is 4.72 Å². The summed E-state index contributed by atoms with van der Waals surface area (Å²) >= 11 is 11.8. The zero-order valence-electron chi connectivity index (χ0n) is 14.8. The van der Waals surface area contributed by atoms with Gasteiger partial charge in [0, 0.05) is 11.8 Å². The van der Waals surface area contributed by atoms with Crippen LogP contribution in [0.2, 0.25) is 10.0 Å². The van der Waals surface area contributed by atoms with E-state index in [1.165, 1.54) is 0 Å². The van der Waals surface area contributed by atoms with E-state index in [9.17, 15) is 35.3 Å². The van der Waals surface area contributed by atoms with Gasteiger partial charge in [-0.2, -0.15) is 28.3 Å². The molecule has 1 aromatic heterocycles. The van der Waals surface area contributed by atoms with E-state index in [2.05, 4.69) is 5.10 Å². The van der Waals surface area contributed by atoms with Gasteiger partial charge in [-0.3, -0.25) is 0 Å². The minimum atomic E-state index is -4.73. The fourth-order valence-electron chi connectivity index (χ4n) is 2.24. The molecule has 1 heterocycles. The van der Waals surface area contributed by atoms with Crippen LogP contribution in [0.5, 0.6) is 0 Å². The summed E-state index contributed by atoms with van der Waals surface area (Å²) in [6, 6.07) is 2.75. The Morgan fingerprint density at radius 3 is 2.20 bits per heavy atom. The lowest BCUT2D eigenvalue weighted by molar-refractivity contribution is -0.137. The number of nitrogens with two attached hydrogens (primary N) is 1.